The summed E-state index contributed by atoms with van der Waals surface area (Å²) < 4.78 is 41.7. The second-order valence-electron chi connectivity index (χ2n) is 4.86. The standard InChI is InChI=1S/C10H10F3NO3/c11-10(12,13)9(16)14-1-4-5(2-14)7-6(4)3-17-8(7)15/h4-7H,1-3H2/t4-,5+,6+,7-/m1/s1. The van der Waals surface area contributed by atoms with Crippen molar-refractivity contribution >= 4 is 11.9 Å². The van der Waals surface area contributed by atoms with Crippen molar-refractivity contribution in [1.29, 1.82) is 0 Å². The monoisotopic (exact) mass is 249 g/mol. The van der Waals surface area contributed by atoms with Crippen LogP contribution in [0.25, 0.3) is 0 Å². The molecule has 0 spiro atoms. The number of likely N-dealkylation sites (tertiary alicyclic amines) is 1. The van der Waals surface area contributed by atoms with Crippen molar-refractivity contribution in [1.82, 2.24) is 4.90 Å². The topological polar surface area (TPSA) is 46.6 Å². The third kappa shape index (κ3) is 1.37. The lowest BCUT2D eigenvalue weighted by atomic mass is 9.60. The van der Waals surface area contributed by atoms with Crippen LogP contribution in [0, 0.1) is 23.7 Å². The Morgan fingerprint density at radius 2 is 1.88 bits per heavy atom. The first-order valence-electron chi connectivity index (χ1n) is 5.42. The molecule has 4 atom stereocenters. The number of amides is 1. The third-order valence-corrected chi connectivity index (χ3v) is 4.10. The van der Waals surface area contributed by atoms with E-state index in [1.54, 1.807) is 0 Å². The number of halogens is 3. The minimum atomic E-state index is -4.82. The van der Waals surface area contributed by atoms with Gasteiger partial charge >= 0.3 is 18.1 Å². The molecule has 3 fully saturated rings. The fraction of sp³-hybridized carbons (Fsp3) is 0.800. The van der Waals surface area contributed by atoms with Crippen LogP contribution in [0.2, 0.25) is 0 Å². The minimum absolute atomic E-state index is 0.00208. The number of cyclic esters (lactones) is 1. The fourth-order valence-corrected chi connectivity index (χ4v) is 3.32. The Bertz CT molecular complexity index is 395. The number of carbonyl (C=O) groups excluding carboxylic acids is 2. The van der Waals surface area contributed by atoms with Crippen molar-refractivity contribution in [3.8, 4) is 0 Å². The molecule has 0 aromatic carbocycles. The highest BCUT2D eigenvalue weighted by atomic mass is 19.4. The number of esters is 1. The van der Waals surface area contributed by atoms with E-state index in [0.717, 1.165) is 4.90 Å². The molecule has 1 saturated carbocycles. The molecule has 2 saturated heterocycles. The molecule has 0 N–H and O–H groups in total. The highest BCUT2D eigenvalue weighted by Crippen LogP contribution is 2.54. The van der Waals surface area contributed by atoms with E-state index in [9.17, 15) is 22.8 Å². The molecule has 0 bridgehead atoms. The number of carbonyl (C=O) groups is 2. The summed E-state index contributed by atoms with van der Waals surface area (Å²) in [6.07, 6.45) is -4.82. The molecular formula is C10H10F3NO3. The van der Waals surface area contributed by atoms with Crippen molar-refractivity contribution in [3.63, 3.8) is 0 Å². The van der Waals surface area contributed by atoms with Crippen LogP contribution in [0.5, 0.6) is 0 Å². The molecule has 2 heterocycles. The summed E-state index contributed by atoms with van der Waals surface area (Å²) in [6.45, 7) is 0.415. The Morgan fingerprint density at radius 1 is 1.24 bits per heavy atom. The number of rotatable bonds is 0. The predicted molar refractivity (Wildman–Crippen MR) is 47.6 cm³/mol. The normalized spacial score (nSPS) is 39.5. The van der Waals surface area contributed by atoms with Crippen molar-refractivity contribution in [3.05, 3.63) is 0 Å². The summed E-state index contributed by atoms with van der Waals surface area (Å²) >= 11 is 0. The van der Waals surface area contributed by atoms with Gasteiger partial charge in [0.25, 0.3) is 0 Å². The van der Waals surface area contributed by atoms with Crippen LogP contribution in [-0.2, 0) is 14.3 Å². The van der Waals surface area contributed by atoms with Crippen molar-refractivity contribution in [2.45, 2.75) is 6.18 Å². The number of nitrogens with zero attached hydrogens (tertiary/aromatic N) is 1. The molecule has 3 rings (SSSR count). The molecule has 4 nitrogen and oxygen atoms in total. The van der Waals surface area contributed by atoms with E-state index >= 15 is 0 Å². The zero-order valence-corrected chi connectivity index (χ0v) is 8.74. The number of hydrogen-bond acceptors (Lipinski definition) is 3. The van der Waals surface area contributed by atoms with E-state index in [0.29, 0.717) is 6.61 Å². The minimum Gasteiger partial charge on any atom is -0.465 e. The lowest BCUT2D eigenvalue weighted by Crippen LogP contribution is -2.46. The van der Waals surface area contributed by atoms with E-state index in [4.69, 9.17) is 4.74 Å². The second-order valence-corrected chi connectivity index (χ2v) is 4.86. The van der Waals surface area contributed by atoms with Gasteiger partial charge in [0.15, 0.2) is 0 Å². The van der Waals surface area contributed by atoms with Gasteiger partial charge in [0.2, 0.25) is 0 Å². The number of ether oxygens (including phenoxy) is 1. The summed E-state index contributed by atoms with van der Waals surface area (Å²) in [4.78, 5) is 23.2. The van der Waals surface area contributed by atoms with Crippen LogP contribution >= 0.6 is 0 Å². The molecule has 2 aliphatic heterocycles. The predicted octanol–water partition coefficient (Wildman–Crippen LogP) is 0.426. The molecular weight excluding hydrogens is 239 g/mol. The van der Waals surface area contributed by atoms with Crippen LogP contribution in [0.15, 0.2) is 0 Å². The first-order valence-corrected chi connectivity index (χ1v) is 5.42. The number of hydrogen-bond donors (Lipinski definition) is 0. The van der Waals surface area contributed by atoms with E-state index < -0.39 is 12.1 Å². The third-order valence-electron chi connectivity index (χ3n) is 4.10. The fourth-order valence-electron chi connectivity index (χ4n) is 3.32. The molecule has 7 heteroatoms. The van der Waals surface area contributed by atoms with E-state index in [2.05, 4.69) is 0 Å². The smallest absolute Gasteiger partial charge is 0.465 e. The Labute approximate surface area is 94.7 Å². The van der Waals surface area contributed by atoms with Gasteiger partial charge in [0.05, 0.1) is 12.5 Å². The van der Waals surface area contributed by atoms with E-state index in [1.807, 2.05) is 0 Å². The van der Waals surface area contributed by atoms with Gasteiger partial charge in [0.1, 0.15) is 0 Å². The van der Waals surface area contributed by atoms with E-state index in [-0.39, 0.29) is 42.7 Å². The largest absolute Gasteiger partial charge is 0.471 e. The average molecular weight is 249 g/mol. The van der Waals surface area contributed by atoms with Crippen LogP contribution in [0.3, 0.4) is 0 Å². The molecule has 0 unspecified atom stereocenters. The lowest BCUT2D eigenvalue weighted by Gasteiger charge is -2.39. The van der Waals surface area contributed by atoms with E-state index in [1.165, 1.54) is 0 Å². The van der Waals surface area contributed by atoms with Gasteiger partial charge in [-0.15, -0.1) is 0 Å². The Kier molecular flexibility index (Phi) is 2.01. The lowest BCUT2D eigenvalue weighted by molar-refractivity contribution is -0.184. The molecule has 1 aliphatic carbocycles. The molecule has 0 aromatic heterocycles. The maximum Gasteiger partial charge on any atom is 0.471 e. The molecule has 17 heavy (non-hydrogen) atoms. The Balaban J connectivity index is 1.72. The summed E-state index contributed by atoms with van der Waals surface area (Å²) in [6, 6.07) is 0. The SMILES string of the molecule is O=C1OC[C@H]2[C@@H]3CN(C(=O)C(F)(F)F)C[C@@H]3[C@@H]12. The number of fused-ring (bicyclic) bond motifs is 4. The first-order chi connectivity index (χ1) is 7.89. The maximum atomic E-state index is 12.3. The van der Waals surface area contributed by atoms with Gasteiger partial charge in [-0.05, 0) is 11.8 Å². The van der Waals surface area contributed by atoms with Crippen LogP contribution in [0.4, 0.5) is 13.2 Å². The van der Waals surface area contributed by atoms with Crippen molar-refractivity contribution in [2.75, 3.05) is 19.7 Å². The van der Waals surface area contributed by atoms with Gasteiger partial charge in [-0.1, -0.05) is 0 Å². The van der Waals surface area contributed by atoms with Gasteiger partial charge in [0, 0.05) is 19.0 Å². The van der Waals surface area contributed by atoms with Gasteiger partial charge in [-0.25, -0.2) is 0 Å². The number of alkyl halides is 3. The van der Waals surface area contributed by atoms with Crippen LogP contribution in [0.1, 0.15) is 0 Å². The van der Waals surface area contributed by atoms with Crippen molar-refractivity contribution < 1.29 is 27.5 Å². The maximum absolute atomic E-state index is 12.3. The van der Waals surface area contributed by atoms with Crippen molar-refractivity contribution in [2.24, 2.45) is 23.7 Å². The molecule has 0 radical (unpaired) electrons. The van der Waals surface area contributed by atoms with Gasteiger partial charge < -0.3 is 9.64 Å². The van der Waals surface area contributed by atoms with Gasteiger partial charge in [-0.3, -0.25) is 9.59 Å². The van der Waals surface area contributed by atoms with Crippen LogP contribution in [-0.4, -0.2) is 42.6 Å². The summed E-state index contributed by atoms with van der Waals surface area (Å²) in [7, 11) is 0. The highest BCUT2D eigenvalue weighted by molar-refractivity contribution is 5.83. The zero-order chi connectivity index (χ0) is 12.4. The Hall–Kier alpha value is -1.27. The zero-order valence-electron chi connectivity index (χ0n) is 8.74. The van der Waals surface area contributed by atoms with Crippen LogP contribution < -0.4 is 0 Å². The molecule has 3 aliphatic rings. The second kappa shape index (κ2) is 3.14. The molecule has 0 aromatic rings. The summed E-state index contributed by atoms with van der Waals surface area (Å²) in [5, 5.41) is 0. The summed E-state index contributed by atoms with van der Waals surface area (Å²) in [5.41, 5.74) is 0. The molecule has 1 amide bonds. The highest BCUT2D eigenvalue weighted by Gasteiger charge is 2.63. The van der Waals surface area contributed by atoms with Gasteiger partial charge in [-0.2, -0.15) is 13.2 Å². The average Bonchev–Trinajstić information content (AvgIpc) is 2.70. The quantitative estimate of drug-likeness (QED) is 0.585. The summed E-state index contributed by atoms with van der Waals surface area (Å²) in [5.74, 6) is -2.53. The Morgan fingerprint density at radius 3 is 2.53 bits per heavy atom. The molecule has 94 valence electrons. The first kappa shape index (κ1) is 10.9.